The van der Waals surface area contributed by atoms with Crippen LogP contribution in [0.25, 0.3) is 0 Å². The molecule has 0 radical (unpaired) electrons. The summed E-state index contributed by atoms with van der Waals surface area (Å²) in [5.74, 6) is -1.52. The van der Waals surface area contributed by atoms with E-state index < -0.39 is 47.5 Å². The van der Waals surface area contributed by atoms with Crippen molar-refractivity contribution < 1.29 is 33.8 Å². The Morgan fingerprint density at radius 2 is 1.82 bits per heavy atom. The zero-order chi connectivity index (χ0) is 31.6. The molecular formula is C33H44N4O7. The lowest BCUT2D eigenvalue weighted by molar-refractivity contribution is -0.140. The summed E-state index contributed by atoms with van der Waals surface area (Å²) in [4.78, 5) is 55.8. The molecule has 0 bridgehead atoms. The Kier molecular flexibility index (Phi) is 8.95. The van der Waals surface area contributed by atoms with Gasteiger partial charge in [-0.1, -0.05) is 55.8 Å². The molecule has 0 unspecified atom stereocenters. The summed E-state index contributed by atoms with van der Waals surface area (Å²) in [7, 11) is 0. The number of allylic oxidation sites excluding steroid dienone is 1. The van der Waals surface area contributed by atoms with Gasteiger partial charge in [-0.15, -0.1) is 0 Å². The predicted molar refractivity (Wildman–Crippen MR) is 162 cm³/mol. The van der Waals surface area contributed by atoms with Crippen LogP contribution >= 0.6 is 0 Å². The lowest BCUT2D eigenvalue weighted by Gasteiger charge is -2.32. The molecule has 238 valence electrons. The fourth-order valence-electron chi connectivity index (χ4n) is 6.42. The topological polar surface area (TPSA) is 138 Å². The number of amides is 3. The third kappa shape index (κ3) is 7.03. The Morgan fingerprint density at radius 3 is 2.48 bits per heavy atom. The van der Waals surface area contributed by atoms with Crippen LogP contribution < -0.4 is 10.6 Å². The average molecular weight is 609 g/mol. The highest BCUT2D eigenvalue weighted by Crippen LogP contribution is 2.46. The van der Waals surface area contributed by atoms with Crippen molar-refractivity contribution in [2.24, 2.45) is 5.92 Å². The van der Waals surface area contributed by atoms with E-state index in [2.05, 4.69) is 17.2 Å². The Labute approximate surface area is 258 Å². The summed E-state index contributed by atoms with van der Waals surface area (Å²) in [6, 6.07) is 6.33. The average Bonchev–Trinajstić information content (AvgIpc) is 3.27. The standard InChI is InChI=1S/C33H44N4O7/c1-21-27-16-25(43-31(42)36-18-22-12-10-11-13-23(22)19-36)20-37(27)28(38)26(34-30(41)44-32(2,3)4)15-9-7-5-6-8-14-24-17-33(24,35-21)29(39)40/h8,10-14,24-27,35H,1,5-7,9,15-20H2,2-4H3,(H,34,41)(H,39,40)/b14-8-/t24-,25-,26+,27+,33-/m1/s1. The van der Waals surface area contributed by atoms with Crippen molar-refractivity contribution in [1.29, 1.82) is 0 Å². The van der Waals surface area contributed by atoms with Gasteiger partial charge in [-0.05, 0) is 57.6 Å². The van der Waals surface area contributed by atoms with E-state index >= 15 is 0 Å². The molecule has 0 aromatic heterocycles. The molecule has 5 atom stereocenters. The molecule has 11 heteroatoms. The van der Waals surface area contributed by atoms with Crippen LogP contribution in [-0.4, -0.2) is 74.8 Å². The normalized spacial score (nSPS) is 29.6. The Bertz CT molecular complexity index is 1310. The number of carboxylic acid groups (broad SMARTS) is 1. The highest BCUT2D eigenvalue weighted by Gasteiger charge is 2.60. The number of carbonyl (C=O) groups is 4. The zero-order valence-electron chi connectivity index (χ0n) is 25.8. The summed E-state index contributed by atoms with van der Waals surface area (Å²) in [5.41, 5.74) is 0.564. The minimum atomic E-state index is -1.20. The first-order valence-corrected chi connectivity index (χ1v) is 15.6. The quantitative estimate of drug-likeness (QED) is 0.428. The van der Waals surface area contributed by atoms with Gasteiger partial charge in [0.05, 0.1) is 12.6 Å². The van der Waals surface area contributed by atoms with Gasteiger partial charge < -0.3 is 30.1 Å². The maximum atomic E-state index is 14.2. The van der Waals surface area contributed by atoms with E-state index in [1.165, 1.54) is 0 Å². The van der Waals surface area contributed by atoms with Gasteiger partial charge in [-0.2, -0.15) is 0 Å². The molecular weight excluding hydrogens is 564 g/mol. The van der Waals surface area contributed by atoms with Crippen LogP contribution in [0.15, 0.2) is 48.7 Å². The monoisotopic (exact) mass is 608 g/mol. The number of hydrogen-bond donors (Lipinski definition) is 3. The Morgan fingerprint density at radius 1 is 1.11 bits per heavy atom. The van der Waals surface area contributed by atoms with E-state index in [-0.39, 0.29) is 24.8 Å². The van der Waals surface area contributed by atoms with Crippen molar-refractivity contribution in [1.82, 2.24) is 20.4 Å². The SMILES string of the molecule is C=C1N[C@]2(C(=O)O)C[C@H]2/C=C\CCCCC[C@H](NC(=O)OC(C)(C)C)C(=O)N2C[C@H](OC(=O)N3Cc4ccccc4C3)C[C@@H]12. The number of nitrogens with zero attached hydrogens (tertiary/aromatic N) is 2. The van der Waals surface area contributed by atoms with E-state index in [1.807, 2.05) is 36.4 Å². The van der Waals surface area contributed by atoms with Gasteiger partial charge in [0.2, 0.25) is 5.91 Å². The van der Waals surface area contributed by atoms with Crippen LogP contribution in [0.2, 0.25) is 0 Å². The Hall–Kier alpha value is -4.02. The summed E-state index contributed by atoms with van der Waals surface area (Å²) in [6.07, 6.45) is 6.46. The molecule has 11 nitrogen and oxygen atoms in total. The summed E-state index contributed by atoms with van der Waals surface area (Å²) in [5, 5.41) is 16.1. The van der Waals surface area contributed by atoms with E-state index in [9.17, 15) is 24.3 Å². The highest BCUT2D eigenvalue weighted by molar-refractivity contribution is 5.87. The first-order valence-electron chi connectivity index (χ1n) is 15.6. The van der Waals surface area contributed by atoms with E-state index in [1.54, 1.807) is 30.6 Å². The summed E-state index contributed by atoms with van der Waals surface area (Å²) < 4.78 is 11.4. The molecule has 4 aliphatic rings. The van der Waals surface area contributed by atoms with Gasteiger partial charge in [0.1, 0.15) is 23.3 Å². The lowest BCUT2D eigenvalue weighted by Crippen LogP contribution is -2.53. The molecule has 1 saturated heterocycles. The first kappa shape index (κ1) is 31.4. The smallest absolute Gasteiger partial charge is 0.410 e. The van der Waals surface area contributed by atoms with Gasteiger partial charge in [0, 0.05) is 31.1 Å². The highest BCUT2D eigenvalue weighted by atomic mass is 16.6. The number of carbonyl (C=O) groups excluding carboxylic acids is 3. The van der Waals surface area contributed by atoms with Crippen molar-refractivity contribution in [3.63, 3.8) is 0 Å². The van der Waals surface area contributed by atoms with Crippen LogP contribution in [0.4, 0.5) is 9.59 Å². The molecule has 3 amide bonds. The molecule has 3 aliphatic heterocycles. The Balaban J connectivity index is 1.37. The minimum Gasteiger partial charge on any atom is -0.479 e. The number of alkyl carbamates (subject to hydrolysis) is 1. The number of fused-ring (bicyclic) bond motifs is 3. The largest absolute Gasteiger partial charge is 0.479 e. The number of carboxylic acids is 1. The van der Waals surface area contributed by atoms with E-state index in [0.717, 1.165) is 30.4 Å². The van der Waals surface area contributed by atoms with Gasteiger partial charge in [0.15, 0.2) is 0 Å². The summed E-state index contributed by atoms with van der Waals surface area (Å²) in [6.45, 7) is 10.4. The first-order chi connectivity index (χ1) is 20.9. The van der Waals surface area contributed by atoms with Crippen LogP contribution in [0.3, 0.4) is 0 Å². The number of rotatable bonds is 3. The molecule has 0 spiro atoms. The lowest BCUT2D eigenvalue weighted by atomic mass is 10.0. The fraction of sp³-hybridized carbons (Fsp3) is 0.576. The third-order valence-electron chi connectivity index (χ3n) is 8.82. The summed E-state index contributed by atoms with van der Waals surface area (Å²) >= 11 is 0. The van der Waals surface area contributed by atoms with Gasteiger partial charge in [-0.3, -0.25) is 9.69 Å². The van der Waals surface area contributed by atoms with Crippen molar-refractivity contribution in [3.8, 4) is 0 Å². The number of hydrogen-bond acceptors (Lipinski definition) is 7. The molecule has 5 rings (SSSR count). The molecule has 1 aliphatic carbocycles. The second kappa shape index (κ2) is 12.5. The fourth-order valence-corrected chi connectivity index (χ4v) is 6.42. The minimum absolute atomic E-state index is 0.0899. The molecule has 1 saturated carbocycles. The number of benzene rings is 1. The molecule has 2 fully saturated rings. The maximum absolute atomic E-state index is 14.2. The molecule has 44 heavy (non-hydrogen) atoms. The van der Waals surface area contributed by atoms with Gasteiger partial charge in [-0.25, -0.2) is 14.4 Å². The number of aliphatic carboxylic acids is 1. The van der Waals surface area contributed by atoms with Gasteiger partial charge in [0.25, 0.3) is 0 Å². The maximum Gasteiger partial charge on any atom is 0.410 e. The van der Waals surface area contributed by atoms with Crippen LogP contribution in [0.5, 0.6) is 0 Å². The van der Waals surface area contributed by atoms with E-state index in [0.29, 0.717) is 38.0 Å². The molecule has 1 aromatic carbocycles. The van der Waals surface area contributed by atoms with Crippen LogP contribution in [-0.2, 0) is 32.2 Å². The third-order valence-corrected chi connectivity index (χ3v) is 8.82. The van der Waals surface area contributed by atoms with Crippen molar-refractivity contribution in [3.05, 3.63) is 59.8 Å². The van der Waals surface area contributed by atoms with Crippen LogP contribution in [0.1, 0.15) is 76.8 Å². The second-order valence-corrected chi connectivity index (χ2v) is 13.4. The molecule has 3 heterocycles. The molecule has 1 aromatic rings. The second-order valence-electron chi connectivity index (χ2n) is 13.4. The number of ether oxygens (including phenoxy) is 2. The zero-order valence-corrected chi connectivity index (χ0v) is 25.8. The van der Waals surface area contributed by atoms with Crippen molar-refractivity contribution in [2.45, 2.75) is 108 Å². The van der Waals surface area contributed by atoms with Crippen LogP contribution in [0, 0.1) is 5.92 Å². The van der Waals surface area contributed by atoms with Crippen molar-refractivity contribution in [2.75, 3.05) is 6.54 Å². The predicted octanol–water partition coefficient (Wildman–Crippen LogP) is 4.47. The number of nitrogens with one attached hydrogen (secondary N) is 2. The van der Waals surface area contributed by atoms with Crippen molar-refractivity contribution >= 4 is 24.1 Å². The van der Waals surface area contributed by atoms with Gasteiger partial charge >= 0.3 is 18.2 Å². The molecule has 3 N–H and O–H groups in total. The van der Waals surface area contributed by atoms with E-state index in [4.69, 9.17) is 9.47 Å².